The maximum absolute atomic E-state index is 11.5. The molecule has 0 aromatic heterocycles. The highest BCUT2D eigenvalue weighted by Crippen LogP contribution is 2.69. The van der Waals surface area contributed by atoms with Crippen molar-refractivity contribution in [2.24, 2.45) is 22.7 Å². The van der Waals surface area contributed by atoms with E-state index in [2.05, 4.69) is 27.7 Å². The Bertz CT molecular complexity index is 250. The zero-order chi connectivity index (χ0) is 9.85. The van der Waals surface area contributed by atoms with Crippen LogP contribution in [-0.4, -0.2) is 5.78 Å². The van der Waals surface area contributed by atoms with Gasteiger partial charge in [0.05, 0.1) is 0 Å². The van der Waals surface area contributed by atoms with Gasteiger partial charge >= 0.3 is 0 Å². The van der Waals surface area contributed by atoms with Crippen molar-refractivity contribution < 1.29 is 4.79 Å². The summed E-state index contributed by atoms with van der Waals surface area (Å²) in [5.74, 6) is 1.95. The largest absolute Gasteiger partial charge is 0.300 e. The van der Waals surface area contributed by atoms with Crippen molar-refractivity contribution in [3.05, 3.63) is 0 Å². The van der Waals surface area contributed by atoms with E-state index in [1.807, 2.05) is 0 Å². The number of carbonyl (C=O) groups is 1. The molecule has 0 saturated heterocycles. The van der Waals surface area contributed by atoms with Crippen LogP contribution in [0.15, 0.2) is 0 Å². The minimum Gasteiger partial charge on any atom is -0.300 e. The van der Waals surface area contributed by atoms with Gasteiger partial charge in [-0.05, 0) is 29.1 Å². The van der Waals surface area contributed by atoms with Crippen LogP contribution in [0.5, 0.6) is 0 Å². The van der Waals surface area contributed by atoms with Gasteiger partial charge in [0.2, 0.25) is 0 Å². The van der Waals surface area contributed by atoms with E-state index in [4.69, 9.17) is 0 Å². The molecule has 0 spiro atoms. The second kappa shape index (κ2) is 2.37. The van der Waals surface area contributed by atoms with Crippen molar-refractivity contribution in [3.8, 4) is 0 Å². The Labute approximate surface area is 80.9 Å². The number of rotatable bonds is 0. The first kappa shape index (κ1) is 9.23. The average Bonchev–Trinajstić information content (AvgIpc) is 2.53. The van der Waals surface area contributed by atoms with Crippen LogP contribution in [-0.2, 0) is 4.79 Å². The Morgan fingerprint density at radius 2 is 1.85 bits per heavy atom. The fourth-order valence-corrected chi connectivity index (χ4v) is 3.64. The molecule has 0 aromatic rings. The van der Waals surface area contributed by atoms with Crippen LogP contribution in [0.25, 0.3) is 0 Å². The number of fused-ring (bicyclic) bond motifs is 1. The molecule has 0 aliphatic heterocycles. The molecular weight excluding hydrogens is 160 g/mol. The molecule has 0 radical (unpaired) electrons. The molecule has 1 heteroatoms. The molecule has 2 aliphatic rings. The van der Waals surface area contributed by atoms with Crippen molar-refractivity contribution in [2.75, 3.05) is 0 Å². The normalized spacial score (nSPS) is 40.8. The zero-order valence-corrected chi connectivity index (χ0v) is 9.18. The third kappa shape index (κ3) is 1.24. The third-order valence-corrected chi connectivity index (χ3v) is 4.39. The van der Waals surface area contributed by atoms with Gasteiger partial charge in [-0.15, -0.1) is 0 Å². The fourth-order valence-electron chi connectivity index (χ4n) is 3.64. The highest BCUT2D eigenvalue weighted by molar-refractivity contribution is 5.79. The Hall–Kier alpha value is -0.330. The van der Waals surface area contributed by atoms with Crippen LogP contribution in [0.3, 0.4) is 0 Å². The summed E-state index contributed by atoms with van der Waals surface area (Å²) in [6.45, 7) is 9.31. The van der Waals surface area contributed by atoms with Gasteiger partial charge in [0.15, 0.2) is 0 Å². The summed E-state index contributed by atoms with van der Waals surface area (Å²) in [6, 6.07) is 0. The van der Waals surface area contributed by atoms with E-state index >= 15 is 0 Å². The number of Topliss-reactive ketones (excluding diaryl/α,β-unsaturated/α-hetero) is 1. The summed E-state index contributed by atoms with van der Waals surface area (Å²) >= 11 is 0. The van der Waals surface area contributed by atoms with Crippen molar-refractivity contribution in [3.63, 3.8) is 0 Å². The van der Waals surface area contributed by atoms with Gasteiger partial charge in [0.25, 0.3) is 0 Å². The molecule has 1 nitrogen and oxygen atoms in total. The summed E-state index contributed by atoms with van der Waals surface area (Å²) in [6.07, 6.45) is 2.76. The van der Waals surface area contributed by atoms with Gasteiger partial charge in [-0.1, -0.05) is 27.7 Å². The van der Waals surface area contributed by atoms with Crippen LogP contribution < -0.4 is 0 Å². The highest BCUT2D eigenvalue weighted by Gasteiger charge is 2.64. The monoisotopic (exact) mass is 180 g/mol. The Morgan fingerprint density at radius 1 is 1.23 bits per heavy atom. The number of hydrogen-bond donors (Lipinski definition) is 0. The highest BCUT2D eigenvalue weighted by atomic mass is 16.1. The second-order valence-corrected chi connectivity index (χ2v) is 6.14. The number of carbonyl (C=O) groups excluding carboxylic acids is 1. The van der Waals surface area contributed by atoms with E-state index in [0.29, 0.717) is 22.5 Å². The zero-order valence-electron chi connectivity index (χ0n) is 9.18. The lowest BCUT2D eigenvalue weighted by Gasteiger charge is -2.25. The molecule has 13 heavy (non-hydrogen) atoms. The van der Waals surface area contributed by atoms with Crippen LogP contribution in [0, 0.1) is 22.7 Å². The summed E-state index contributed by atoms with van der Waals surface area (Å²) in [7, 11) is 0. The molecule has 0 amide bonds. The van der Waals surface area contributed by atoms with Crippen molar-refractivity contribution in [2.45, 2.75) is 47.0 Å². The van der Waals surface area contributed by atoms with Gasteiger partial charge in [0.1, 0.15) is 5.78 Å². The average molecular weight is 180 g/mol. The first-order valence-corrected chi connectivity index (χ1v) is 5.37. The van der Waals surface area contributed by atoms with Crippen molar-refractivity contribution in [1.29, 1.82) is 0 Å². The molecule has 0 heterocycles. The first-order valence-electron chi connectivity index (χ1n) is 5.37. The van der Waals surface area contributed by atoms with Gasteiger partial charge in [-0.2, -0.15) is 0 Å². The Kier molecular flexibility index (Phi) is 1.68. The van der Waals surface area contributed by atoms with Crippen LogP contribution in [0.4, 0.5) is 0 Å². The standard InChI is InChI=1S/C12H20O/c1-11(2)6-5-8(13)7-9-10(11)12(9,3)4/h9-10H,5-7H2,1-4H3. The molecule has 74 valence electrons. The third-order valence-electron chi connectivity index (χ3n) is 4.39. The lowest BCUT2D eigenvalue weighted by molar-refractivity contribution is -0.119. The number of ketones is 1. The molecular formula is C12H20O. The van der Waals surface area contributed by atoms with E-state index in [9.17, 15) is 4.79 Å². The lowest BCUT2D eigenvalue weighted by Crippen LogP contribution is -2.17. The van der Waals surface area contributed by atoms with E-state index < -0.39 is 0 Å². The molecule has 2 rings (SSSR count). The molecule has 0 N–H and O–H groups in total. The maximum Gasteiger partial charge on any atom is 0.133 e. The van der Waals surface area contributed by atoms with Crippen LogP contribution in [0.1, 0.15) is 47.0 Å². The predicted molar refractivity (Wildman–Crippen MR) is 53.4 cm³/mol. The maximum atomic E-state index is 11.5. The van der Waals surface area contributed by atoms with Crippen molar-refractivity contribution in [1.82, 2.24) is 0 Å². The molecule has 0 bridgehead atoms. The molecule has 2 aliphatic carbocycles. The quantitative estimate of drug-likeness (QED) is 0.560. The van der Waals surface area contributed by atoms with Gasteiger partial charge in [-0.3, -0.25) is 4.79 Å². The smallest absolute Gasteiger partial charge is 0.133 e. The summed E-state index contributed by atoms with van der Waals surface area (Å²) in [4.78, 5) is 11.5. The van der Waals surface area contributed by atoms with Gasteiger partial charge < -0.3 is 0 Å². The summed E-state index contributed by atoms with van der Waals surface area (Å²) in [5, 5.41) is 0. The minimum atomic E-state index is 0.389. The second-order valence-electron chi connectivity index (χ2n) is 6.14. The van der Waals surface area contributed by atoms with E-state index in [-0.39, 0.29) is 0 Å². The van der Waals surface area contributed by atoms with E-state index in [1.165, 1.54) is 0 Å². The van der Waals surface area contributed by atoms with Gasteiger partial charge in [0, 0.05) is 12.8 Å². The van der Waals surface area contributed by atoms with Gasteiger partial charge in [-0.25, -0.2) is 0 Å². The van der Waals surface area contributed by atoms with Crippen LogP contribution >= 0.6 is 0 Å². The molecule has 0 aromatic carbocycles. The Balaban J connectivity index is 2.24. The lowest BCUT2D eigenvalue weighted by atomic mass is 9.80. The molecule has 2 atom stereocenters. The topological polar surface area (TPSA) is 17.1 Å². The minimum absolute atomic E-state index is 0.389. The predicted octanol–water partition coefficient (Wildman–Crippen LogP) is 3.04. The fraction of sp³-hybridized carbons (Fsp3) is 0.917. The Morgan fingerprint density at radius 3 is 2.46 bits per heavy atom. The van der Waals surface area contributed by atoms with E-state index in [1.54, 1.807) is 0 Å². The summed E-state index contributed by atoms with van der Waals surface area (Å²) < 4.78 is 0. The molecule has 2 unspecified atom stereocenters. The number of hydrogen-bond acceptors (Lipinski definition) is 1. The SMILES string of the molecule is CC1(C)CCC(=O)CC2C1C2(C)C. The summed E-state index contributed by atoms with van der Waals surface area (Å²) in [5.41, 5.74) is 0.819. The van der Waals surface area contributed by atoms with E-state index in [0.717, 1.165) is 25.2 Å². The molecule has 2 fully saturated rings. The molecule has 2 saturated carbocycles. The van der Waals surface area contributed by atoms with Crippen LogP contribution in [0.2, 0.25) is 0 Å². The first-order chi connectivity index (χ1) is 5.86. The van der Waals surface area contributed by atoms with Crippen molar-refractivity contribution >= 4 is 5.78 Å².